The van der Waals surface area contributed by atoms with Crippen LogP contribution >= 0.6 is 0 Å². The molecule has 5 heteroatoms. The molecular formula is C18H19NO4. The summed E-state index contributed by atoms with van der Waals surface area (Å²) in [7, 11) is 1.65. The molecule has 2 bridgehead atoms. The van der Waals surface area contributed by atoms with Crippen LogP contribution in [0, 0.1) is 5.92 Å². The van der Waals surface area contributed by atoms with E-state index in [-0.39, 0.29) is 23.5 Å². The van der Waals surface area contributed by atoms with E-state index in [0.717, 1.165) is 30.8 Å². The molecule has 5 nitrogen and oxygen atoms in total. The highest BCUT2D eigenvalue weighted by Crippen LogP contribution is 2.62. The molecule has 2 heterocycles. The van der Waals surface area contributed by atoms with Crippen molar-refractivity contribution in [3.63, 3.8) is 0 Å². The van der Waals surface area contributed by atoms with Crippen molar-refractivity contribution in [2.75, 3.05) is 13.7 Å². The Morgan fingerprint density at radius 2 is 2.30 bits per heavy atom. The van der Waals surface area contributed by atoms with Crippen LogP contribution in [0.15, 0.2) is 24.3 Å². The van der Waals surface area contributed by atoms with Gasteiger partial charge in [-0.15, -0.1) is 0 Å². The van der Waals surface area contributed by atoms with Crippen molar-refractivity contribution in [3.8, 4) is 11.5 Å². The highest BCUT2D eigenvalue weighted by molar-refractivity contribution is 5.63. The van der Waals surface area contributed by atoms with Gasteiger partial charge in [-0.1, -0.05) is 18.2 Å². The van der Waals surface area contributed by atoms with Crippen LogP contribution in [0.1, 0.15) is 17.5 Å². The maximum absolute atomic E-state index is 11.5. The number of carbonyl (C=O) groups excluding carboxylic acids is 1. The van der Waals surface area contributed by atoms with Crippen LogP contribution in [-0.2, 0) is 16.6 Å². The summed E-state index contributed by atoms with van der Waals surface area (Å²) in [5.41, 5.74) is 2.19. The summed E-state index contributed by atoms with van der Waals surface area (Å²) in [4.78, 5) is 13.4. The van der Waals surface area contributed by atoms with E-state index in [1.165, 1.54) is 11.1 Å². The molecule has 1 fully saturated rings. The molecule has 2 aliphatic heterocycles. The number of likely N-dealkylation sites (tertiary alicyclic amines) is 1. The van der Waals surface area contributed by atoms with Crippen LogP contribution in [0.3, 0.4) is 0 Å². The van der Waals surface area contributed by atoms with E-state index >= 15 is 0 Å². The second kappa shape index (κ2) is 4.29. The number of aliphatic hydroxyl groups excluding tert-OH is 1. The minimum Gasteiger partial charge on any atom is -0.493 e. The predicted octanol–water partition coefficient (Wildman–Crippen LogP) is 1.03. The van der Waals surface area contributed by atoms with E-state index in [0.29, 0.717) is 6.54 Å². The molecule has 5 atom stereocenters. The van der Waals surface area contributed by atoms with Crippen molar-refractivity contribution in [2.24, 2.45) is 5.92 Å². The van der Waals surface area contributed by atoms with Gasteiger partial charge in [0.2, 0.25) is 6.41 Å². The minimum atomic E-state index is -0.627. The van der Waals surface area contributed by atoms with Gasteiger partial charge >= 0.3 is 0 Å². The summed E-state index contributed by atoms with van der Waals surface area (Å²) in [6, 6.07) is 4.17. The number of piperidine rings is 1. The molecule has 1 N–H and O–H groups in total. The van der Waals surface area contributed by atoms with Gasteiger partial charge in [-0.25, -0.2) is 0 Å². The summed E-state index contributed by atoms with van der Waals surface area (Å²) in [5.74, 6) is 1.71. The molecule has 1 aromatic carbocycles. The summed E-state index contributed by atoms with van der Waals surface area (Å²) in [6.07, 6.45) is 5.62. The fraction of sp³-hybridized carbons (Fsp3) is 0.500. The zero-order chi connectivity index (χ0) is 15.8. The average molecular weight is 313 g/mol. The fourth-order valence-corrected chi connectivity index (χ4v) is 5.37. The lowest BCUT2D eigenvalue weighted by atomic mass is 9.53. The van der Waals surface area contributed by atoms with Crippen LogP contribution in [0.2, 0.25) is 0 Å². The SMILES string of the molecule is COc1ccc2c3c1OC1C(O)C=CC4C(C2)N(C=O)CCC341. The number of methoxy groups -OCH3 is 1. The van der Waals surface area contributed by atoms with Gasteiger partial charge in [0.05, 0.1) is 7.11 Å². The molecule has 1 saturated heterocycles. The normalized spacial score (nSPS) is 38.8. The number of carbonyl (C=O) groups is 1. The van der Waals surface area contributed by atoms with Gasteiger partial charge < -0.3 is 19.5 Å². The van der Waals surface area contributed by atoms with Gasteiger partial charge in [0.25, 0.3) is 0 Å². The van der Waals surface area contributed by atoms with Gasteiger partial charge in [-0.2, -0.15) is 0 Å². The van der Waals surface area contributed by atoms with Crippen molar-refractivity contribution >= 4 is 6.41 Å². The monoisotopic (exact) mass is 313 g/mol. The molecule has 5 rings (SSSR count). The number of benzene rings is 1. The molecule has 0 radical (unpaired) electrons. The molecule has 1 amide bonds. The summed E-state index contributed by atoms with van der Waals surface area (Å²) < 4.78 is 11.7. The standard InChI is InChI=1S/C18H19NO4/c1-22-14-5-2-10-8-12-11-3-4-13(21)17-18(11,6-7-19(12)9-20)15(10)16(14)23-17/h2-5,9,11-13,17,21H,6-8H2,1H3. The second-order valence-electron chi connectivity index (χ2n) is 6.98. The first-order valence-electron chi connectivity index (χ1n) is 8.15. The topological polar surface area (TPSA) is 59.0 Å². The molecule has 0 saturated carbocycles. The molecule has 1 spiro atoms. The molecule has 2 aliphatic carbocycles. The van der Waals surface area contributed by atoms with Crippen LogP contribution in [0.25, 0.3) is 0 Å². The Labute approximate surface area is 134 Å². The third kappa shape index (κ3) is 1.40. The van der Waals surface area contributed by atoms with Crippen molar-refractivity contribution in [3.05, 3.63) is 35.4 Å². The van der Waals surface area contributed by atoms with Gasteiger partial charge in [0, 0.05) is 29.5 Å². The van der Waals surface area contributed by atoms with Crippen molar-refractivity contribution < 1.29 is 19.4 Å². The van der Waals surface area contributed by atoms with Crippen molar-refractivity contribution in [1.29, 1.82) is 0 Å². The van der Waals surface area contributed by atoms with Crippen LogP contribution < -0.4 is 9.47 Å². The first-order chi connectivity index (χ1) is 11.2. The third-order valence-electron chi connectivity index (χ3n) is 6.26. The van der Waals surface area contributed by atoms with Crippen LogP contribution in [0.5, 0.6) is 11.5 Å². The summed E-state index contributed by atoms with van der Waals surface area (Å²) in [6.45, 7) is 0.710. The van der Waals surface area contributed by atoms with E-state index in [1.807, 2.05) is 17.0 Å². The molecule has 5 unspecified atom stereocenters. The quantitative estimate of drug-likeness (QED) is 0.654. The number of hydrogen-bond donors (Lipinski definition) is 1. The second-order valence-corrected chi connectivity index (χ2v) is 6.98. The van der Waals surface area contributed by atoms with Gasteiger partial charge in [-0.3, -0.25) is 4.79 Å². The van der Waals surface area contributed by atoms with E-state index < -0.39 is 6.10 Å². The Bertz CT molecular complexity index is 730. The van der Waals surface area contributed by atoms with Gasteiger partial charge in [0.1, 0.15) is 12.2 Å². The van der Waals surface area contributed by atoms with E-state index in [9.17, 15) is 9.90 Å². The van der Waals surface area contributed by atoms with Crippen LogP contribution in [0.4, 0.5) is 0 Å². The summed E-state index contributed by atoms with van der Waals surface area (Å²) in [5, 5.41) is 10.5. The Hall–Kier alpha value is -2.01. The molecule has 120 valence electrons. The van der Waals surface area contributed by atoms with E-state index in [2.05, 4.69) is 12.1 Å². The number of amides is 1. The molecule has 1 aromatic rings. The highest BCUT2D eigenvalue weighted by atomic mass is 16.5. The number of rotatable bonds is 2. The first-order valence-corrected chi connectivity index (χ1v) is 8.15. The smallest absolute Gasteiger partial charge is 0.209 e. The number of nitrogens with zero attached hydrogens (tertiary/aromatic N) is 1. The Kier molecular flexibility index (Phi) is 2.51. The molecule has 4 aliphatic rings. The van der Waals surface area contributed by atoms with Crippen LogP contribution in [-0.4, -0.2) is 48.3 Å². The molecule has 23 heavy (non-hydrogen) atoms. The maximum Gasteiger partial charge on any atom is 0.209 e. The Morgan fingerprint density at radius 3 is 3.09 bits per heavy atom. The van der Waals surface area contributed by atoms with Crippen molar-refractivity contribution in [2.45, 2.75) is 36.5 Å². The largest absolute Gasteiger partial charge is 0.493 e. The lowest BCUT2D eigenvalue weighted by Crippen LogP contribution is -2.65. The highest BCUT2D eigenvalue weighted by Gasteiger charge is 2.64. The zero-order valence-electron chi connectivity index (χ0n) is 12.9. The molecule has 0 aromatic heterocycles. The Morgan fingerprint density at radius 1 is 1.43 bits per heavy atom. The van der Waals surface area contributed by atoms with E-state index in [4.69, 9.17) is 9.47 Å². The van der Waals surface area contributed by atoms with Gasteiger partial charge in [0.15, 0.2) is 11.5 Å². The predicted molar refractivity (Wildman–Crippen MR) is 82.6 cm³/mol. The number of ether oxygens (including phenoxy) is 2. The van der Waals surface area contributed by atoms with Gasteiger partial charge in [-0.05, 0) is 24.5 Å². The lowest BCUT2D eigenvalue weighted by Gasteiger charge is -2.56. The minimum absolute atomic E-state index is 0.142. The summed E-state index contributed by atoms with van der Waals surface area (Å²) >= 11 is 0. The average Bonchev–Trinajstić information content (AvgIpc) is 2.91. The lowest BCUT2D eigenvalue weighted by molar-refractivity contribution is -0.127. The fourth-order valence-electron chi connectivity index (χ4n) is 5.37. The maximum atomic E-state index is 11.5. The zero-order valence-corrected chi connectivity index (χ0v) is 12.9. The number of aliphatic hydroxyl groups is 1. The Balaban J connectivity index is 1.80. The molecular weight excluding hydrogens is 294 g/mol. The first kappa shape index (κ1) is 13.4. The van der Waals surface area contributed by atoms with E-state index in [1.54, 1.807) is 7.11 Å². The van der Waals surface area contributed by atoms with Crippen molar-refractivity contribution in [1.82, 2.24) is 4.90 Å². The number of hydrogen-bond acceptors (Lipinski definition) is 4. The third-order valence-corrected chi connectivity index (χ3v) is 6.26.